The SMILES string of the molecule is CC(=O)c1cc(Cn2ncc(N)n2)cs1. The molecule has 0 unspecified atom stereocenters. The fourth-order valence-electron chi connectivity index (χ4n) is 1.19. The number of nitrogens with zero attached hydrogens (tertiary/aromatic N) is 3. The molecule has 0 spiro atoms. The zero-order chi connectivity index (χ0) is 10.8. The van der Waals surface area contributed by atoms with Gasteiger partial charge in [-0.1, -0.05) is 0 Å². The summed E-state index contributed by atoms with van der Waals surface area (Å²) in [7, 11) is 0. The molecular formula is C9H10N4OS. The highest BCUT2D eigenvalue weighted by atomic mass is 32.1. The Balaban J connectivity index is 2.14. The van der Waals surface area contributed by atoms with Gasteiger partial charge in [0.1, 0.15) is 0 Å². The van der Waals surface area contributed by atoms with E-state index in [2.05, 4.69) is 10.2 Å². The van der Waals surface area contributed by atoms with Gasteiger partial charge < -0.3 is 5.73 Å². The van der Waals surface area contributed by atoms with Gasteiger partial charge in [-0.2, -0.15) is 9.90 Å². The van der Waals surface area contributed by atoms with Crippen LogP contribution in [0.1, 0.15) is 22.2 Å². The van der Waals surface area contributed by atoms with Crippen LogP contribution in [0, 0.1) is 0 Å². The first-order valence-corrected chi connectivity index (χ1v) is 5.27. The summed E-state index contributed by atoms with van der Waals surface area (Å²) in [6.07, 6.45) is 1.50. The average Bonchev–Trinajstić information content (AvgIpc) is 2.76. The van der Waals surface area contributed by atoms with Gasteiger partial charge in [-0.15, -0.1) is 16.4 Å². The van der Waals surface area contributed by atoms with Crippen molar-refractivity contribution in [3.8, 4) is 0 Å². The van der Waals surface area contributed by atoms with Crippen LogP contribution in [0.5, 0.6) is 0 Å². The first-order valence-electron chi connectivity index (χ1n) is 4.39. The van der Waals surface area contributed by atoms with Crippen LogP contribution in [0.25, 0.3) is 0 Å². The summed E-state index contributed by atoms with van der Waals surface area (Å²) in [4.78, 5) is 13.3. The maximum Gasteiger partial charge on any atom is 0.169 e. The van der Waals surface area contributed by atoms with Crippen molar-refractivity contribution in [2.24, 2.45) is 0 Å². The van der Waals surface area contributed by atoms with E-state index in [1.807, 2.05) is 11.4 Å². The smallest absolute Gasteiger partial charge is 0.169 e. The first kappa shape index (κ1) is 9.85. The third kappa shape index (κ3) is 2.21. The zero-order valence-corrected chi connectivity index (χ0v) is 8.99. The number of Topliss-reactive ketones (excluding diaryl/α,β-unsaturated/α-hetero) is 1. The Labute approximate surface area is 90.5 Å². The lowest BCUT2D eigenvalue weighted by atomic mass is 10.3. The minimum Gasteiger partial charge on any atom is -0.381 e. The van der Waals surface area contributed by atoms with Gasteiger partial charge >= 0.3 is 0 Å². The van der Waals surface area contributed by atoms with Gasteiger partial charge in [0.25, 0.3) is 0 Å². The summed E-state index contributed by atoms with van der Waals surface area (Å²) in [6.45, 7) is 2.10. The van der Waals surface area contributed by atoms with Crippen molar-refractivity contribution in [1.82, 2.24) is 15.0 Å². The van der Waals surface area contributed by atoms with Gasteiger partial charge in [-0.3, -0.25) is 4.79 Å². The Morgan fingerprint density at radius 2 is 2.47 bits per heavy atom. The maximum absolute atomic E-state index is 11.1. The molecule has 0 atom stereocenters. The van der Waals surface area contributed by atoms with Crippen LogP contribution < -0.4 is 5.73 Å². The highest BCUT2D eigenvalue weighted by Gasteiger charge is 2.05. The average molecular weight is 222 g/mol. The molecule has 15 heavy (non-hydrogen) atoms. The Kier molecular flexibility index (Phi) is 2.51. The van der Waals surface area contributed by atoms with E-state index in [9.17, 15) is 4.79 Å². The minimum atomic E-state index is 0.0826. The second-order valence-corrected chi connectivity index (χ2v) is 4.09. The Bertz CT molecular complexity index is 488. The molecule has 0 saturated heterocycles. The molecule has 6 heteroatoms. The van der Waals surface area contributed by atoms with Crippen molar-refractivity contribution in [3.05, 3.63) is 28.1 Å². The van der Waals surface area contributed by atoms with Crippen LogP contribution in [-0.4, -0.2) is 20.8 Å². The molecule has 0 saturated carbocycles. The van der Waals surface area contributed by atoms with E-state index in [4.69, 9.17) is 5.73 Å². The van der Waals surface area contributed by atoms with E-state index >= 15 is 0 Å². The maximum atomic E-state index is 11.1. The molecule has 2 aromatic heterocycles. The zero-order valence-electron chi connectivity index (χ0n) is 8.17. The van der Waals surface area contributed by atoms with Gasteiger partial charge in [0.15, 0.2) is 11.6 Å². The van der Waals surface area contributed by atoms with E-state index in [0.29, 0.717) is 12.4 Å². The Morgan fingerprint density at radius 3 is 3.00 bits per heavy atom. The van der Waals surface area contributed by atoms with Gasteiger partial charge in [-0.25, -0.2) is 0 Å². The molecule has 0 aromatic carbocycles. The van der Waals surface area contributed by atoms with Gasteiger partial charge in [-0.05, 0) is 23.9 Å². The van der Waals surface area contributed by atoms with E-state index < -0.39 is 0 Å². The molecule has 5 nitrogen and oxygen atoms in total. The molecule has 0 bridgehead atoms. The molecule has 2 N–H and O–H groups in total. The van der Waals surface area contributed by atoms with Gasteiger partial charge in [0.05, 0.1) is 17.6 Å². The van der Waals surface area contributed by atoms with Gasteiger partial charge in [0.2, 0.25) is 0 Å². The lowest BCUT2D eigenvalue weighted by Gasteiger charge is -1.94. The van der Waals surface area contributed by atoms with Crippen LogP contribution in [0.2, 0.25) is 0 Å². The largest absolute Gasteiger partial charge is 0.381 e. The number of carbonyl (C=O) groups excluding carboxylic acids is 1. The summed E-state index contributed by atoms with van der Waals surface area (Å²) in [5, 5.41) is 9.86. The number of hydrogen-bond donors (Lipinski definition) is 1. The summed E-state index contributed by atoms with van der Waals surface area (Å²) >= 11 is 1.43. The third-order valence-electron chi connectivity index (χ3n) is 1.88. The van der Waals surface area contributed by atoms with Crippen molar-refractivity contribution in [3.63, 3.8) is 0 Å². The quantitative estimate of drug-likeness (QED) is 0.791. The molecule has 78 valence electrons. The highest BCUT2D eigenvalue weighted by Crippen LogP contribution is 2.15. The third-order valence-corrected chi connectivity index (χ3v) is 2.96. The number of thiophene rings is 1. The fraction of sp³-hybridized carbons (Fsp3) is 0.222. The van der Waals surface area contributed by atoms with Crippen molar-refractivity contribution >= 4 is 22.9 Å². The lowest BCUT2D eigenvalue weighted by Crippen LogP contribution is -2.03. The summed E-state index contributed by atoms with van der Waals surface area (Å²) < 4.78 is 0. The molecule has 2 heterocycles. The Morgan fingerprint density at radius 1 is 1.67 bits per heavy atom. The van der Waals surface area contributed by atoms with Gasteiger partial charge in [0, 0.05) is 0 Å². The highest BCUT2D eigenvalue weighted by molar-refractivity contribution is 7.12. The second-order valence-electron chi connectivity index (χ2n) is 3.18. The molecule has 0 amide bonds. The normalized spacial score (nSPS) is 10.5. The summed E-state index contributed by atoms with van der Waals surface area (Å²) in [5.41, 5.74) is 6.45. The van der Waals surface area contributed by atoms with Crippen LogP contribution >= 0.6 is 11.3 Å². The summed E-state index contributed by atoms with van der Waals surface area (Å²) in [5.74, 6) is 0.483. The number of ketones is 1. The molecule has 2 rings (SSSR count). The van der Waals surface area contributed by atoms with Crippen molar-refractivity contribution in [2.75, 3.05) is 5.73 Å². The van der Waals surface area contributed by atoms with E-state index in [1.54, 1.807) is 6.92 Å². The lowest BCUT2D eigenvalue weighted by molar-refractivity contribution is 0.102. The monoisotopic (exact) mass is 222 g/mol. The second kappa shape index (κ2) is 3.82. The molecule has 0 radical (unpaired) electrons. The Hall–Kier alpha value is -1.69. The van der Waals surface area contributed by atoms with E-state index in [-0.39, 0.29) is 5.78 Å². The van der Waals surface area contributed by atoms with E-state index in [0.717, 1.165) is 10.4 Å². The number of anilines is 1. The van der Waals surface area contributed by atoms with Crippen LogP contribution in [0.3, 0.4) is 0 Å². The number of rotatable bonds is 3. The minimum absolute atomic E-state index is 0.0826. The van der Waals surface area contributed by atoms with Crippen LogP contribution in [0.15, 0.2) is 17.6 Å². The fourth-order valence-corrected chi connectivity index (χ4v) is 2.00. The van der Waals surface area contributed by atoms with E-state index in [1.165, 1.54) is 22.3 Å². The number of hydrogen-bond acceptors (Lipinski definition) is 5. The molecule has 0 aliphatic heterocycles. The van der Waals surface area contributed by atoms with Crippen molar-refractivity contribution in [1.29, 1.82) is 0 Å². The molecule has 0 fully saturated rings. The number of aromatic nitrogens is 3. The van der Waals surface area contributed by atoms with Crippen molar-refractivity contribution < 1.29 is 4.79 Å². The standard InChI is InChI=1S/C9H10N4OS/c1-6(14)8-2-7(5-15-8)4-13-11-3-9(10)12-13/h2-3,5H,4H2,1H3,(H2,10,12). The molecule has 0 aliphatic carbocycles. The predicted molar refractivity (Wildman–Crippen MR) is 57.9 cm³/mol. The van der Waals surface area contributed by atoms with Crippen LogP contribution in [0.4, 0.5) is 5.82 Å². The summed E-state index contributed by atoms with van der Waals surface area (Å²) in [6, 6.07) is 1.85. The van der Waals surface area contributed by atoms with Crippen molar-refractivity contribution in [2.45, 2.75) is 13.5 Å². The number of nitrogen functional groups attached to an aromatic ring is 1. The molecule has 0 aliphatic rings. The molecular weight excluding hydrogens is 212 g/mol. The predicted octanol–water partition coefficient (Wildman–Crippen LogP) is 1.17. The topological polar surface area (TPSA) is 73.8 Å². The first-order chi connectivity index (χ1) is 7.15. The molecule has 2 aromatic rings. The van der Waals surface area contributed by atoms with Crippen LogP contribution in [-0.2, 0) is 6.54 Å². The number of nitrogens with two attached hydrogens (primary N) is 1. The number of carbonyl (C=O) groups is 1.